The summed E-state index contributed by atoms with van der Waals surface area (Å²) in [7, 11) is 0. The van der Waals surface area contributed by atoms with Gasteiger partial charge in [-0.15, -0.1) is 0 Å². The van der Waals surface area contributed by atoms with E-state index in [1.807, 2.05) is 37.3 Å². The molecule has 0 aromatic heterocycles. The molecule has 0 radical (unpaired) electrons. The predicted molar refractivity (Wildman–Crippen MR) is 83.2 cm³/mol. The van der Waals surface area contributed by atoms with Gasteiger partial charge in [-0.3, -0.25) is 0 Å². The van der Waals surface area contributed by atoms with Gasteiger partial charge in [-0.05, 0) is 29.7 Å². The summed E-state index contributed by atoms with van der Waals surface area (Å²) < 4.78 is 1.07. The van der Waals surface area contributed by atoms with Gasteiger partial charge in [0.1, 0.15) is 0 Å². The van der Waals surface area contributed by atoms with Crippen molar-refractivity contribution in [2.45, 2.75) is 31.8 Å². The van der Waals surface area contributed by atoms with Crippen LogP contribution in [0.4, 0.5) is 0 Å². The van der Waals surface area contributed by atoms with Crippen molar-refractivity contribution >= 4 is 15.9 Å². The number of hydrogen-bond donors (Lipinski definition) is 1. The first-order chi connectivity index (χ1) is 9.11. The van der Waals surface area contributed by atoms with Gasteiger partial charge >= 0.3 is 0 Å². The van der Waals surface area contributed by atoms with Gasteiger partial charge in [0.15, 0.2) is 0 Å². The Kier molecular flexibility index (Phi) is 4.78. The zero-order chi connectivity index (χ0) is 13.7. The lowest BCUT2D eigenvalue weighted by molar-refractivity contribution is 0.0368. The van der Waals surface area contributed by atoms with E-state index < -0.39 is 5.60 Å². The molecule has 2 aromatic rings. The molecule has 2 aromatic carbocycles. The molecule has 0 saturated carbocycles. The Hall–Kier alpha value is -1.12. The second-order valence-electron chi connectivity index (χ2n) is 5.04. The Labute approximate surface area is 123 Å². The standard InChI is InChI=1S/C17H19BrO/c1-2-17(19,12-14-6-4-3-5-7-14)13-15-8-10-16(18)11-9-15/h3-11,19H,2,12-13H2,1H3. The zero-order valence-electron chi connectivity index (χ0n) is 11.1. The van der Waals surface area contributed by atoms with E-state index in [-0.39, 0.29) is 0 Å². The lowest BCUT2D eigenvalue weighted by Gasteiger charge is -2.27. The van der Waals surface area contributed by atoms with Crippen LogP contribution in [0.2, 0.25) is 0 Å². The van der Waals surface area contributed by atoms with Crippen molar-refractivity contribution in [3.63, 3.8) is 0 Å². The molecule has 0 aliphatic heterocycles. The lowest BCUT2D eigenvalue weighted by atomic mass is 9.86. The van der Waals surface area contributed by atoms with E-state index in [0.717, 1.165) is 10.9 Å². The Morgan fingerprint density at radius 3 is 1.95 bits per heavy atom. The van der Waals surface area contributed by atoms with E-state index in [9.17, 15) is 5.11 Å². The first-order valence-electron chi connectivity index (χ1n) is 6.62. The minimum atomic E-state index is -0.671. The molecular formula is C17H19BrO. The second kappa shape index (κ2) is 6.36. The van der Waals surface area contributed by atoms with Gasteiger partial charge in [-0.2, -0.15) is 0 Å². The third-order valence-electron chi connectivity index (χ3n) is 3.48. The Balaban J connectivity index is 2.11. The largest absolute Gasteiger partial charge is 0.389 e. The van der Waals surface area contributed by atoms with Crippen molar-refractivity contribution in [2.75, 3.05) is 0 Å². The van der Waals surface area contributed by atoms with E-state index in [1.54, 1.807) is 0 Å². The molecule has 0 aliphatic carbocycles. The highest BCUT2D eigenvalue weighted by Gasteiger charge is 2.25. The second-order valence-corrected chi connectivity index (χ2v) is 5.96. The van der Waals surface area contributed by atoms with Crippen molar-refractivity contribution in [3.05, 3.63) is 70.2 Å². The van der Waals surface area contributed by atoms with E-state index in [1.165, 1.54) is 11.1 Å². The van der Waals surface area contributed by atoms with Crippen molar-refractivity contribution in [2.24, 2.45) is 0 Å². The summed E-state index contributed by atoms with van der Waals surface area (Å²) in [4.78, 5) is 0. The molecule has 1 unspecified atom stereocenters. The molecule has 0 aliphatic rings. The fourth-order valence-electron chi connectivity index (χ4n) is 2.27. The molecule has 0 saturated heterocycles. The van der Waals surface area contributed by atoms with E-state index >= 15 is 0 Å². The third-order valence-corrected chi connectivity index (χ3v) is 4.01. The van der Waals surface area contributed by atoms with Crippen LogP contribution in [0, 0.1) is 0 Å². The normalized spacial score (nSPS) is 14.1. The molecule has 2 rings (SSSR count). The lowest BCUT2D eigenvalue weighted by Crippen LogP contribution is -2.33. The molecule has 1 N–H and O–H groups in total. The zero-order valence-corrected chi connectivity index (χ0v) is 12.7. The maximum Gasteiger partial charge on any atom is 0.0725 e. The van der Waals surface area contributed by atoms with Crippen molar-refractivity contribution < 1.29 is 5.11 Å². The number of rotatable bonds is 5. The van der Waals surface area contributed by atoms with Crippen LogP contribution in [0.15, 0.2) is 59.1 Å². The highest BCUT2D eigenvalue weighted by Crippen LogP contribution is 2.23. The molecule has 0 spiro atoms. The molecule has 0 heterocycles. The minimum Gasteiger partial charge on any atom is -0.389 e. The molecule has 0 bridgehead atoms. The van der Waals surface area contributed by atoms with E-state index in [0.29, 0.717) is 12.8 Å². The molecule has 2 heteroatoms. The summed E-state index contributed by atoms with van der Waals surface area (Å²) in [5.41, 5.74) is 1.68. The molecule has 1 nitrogen and oxygen atoms in total. The quantitative estimate of drug-likeness (QED) is 0.867. The van der Waals surface area contributed by atoms with Gasteiger partial charge in [-0.25, -0.2) is 0 Å². The molecule has 0 amide bonds. The molecule has 1 atom stereocenters. The fraction of sp³-hybridized carbons (Fsp3) is 0.294. The van der Waals surface area contributed by atoms with Gasteiger partial charge in [-0.1, -0.05) is 65.3 Å². The molecule has 0 fully saturated rings. The van der Waals surface area contributed by atoms with Crippen molar-refractivity contribution in [1.29, 1.82) is 0 Å². The molecule has 100 valence electrons. The Bertz CT molecular complexity index is 507. The smallest absolute Gasteiger partial charge is 0.0725 e. The number of benzene rings is 2. The maximum atomic E-state index is 10.8. The van der Waals surface area contributed by atoms with Crippen LogP contribution in [0.25, 0.3) is 0 Å². The van der Waals surface area contributed by atoms with Crippen LogP contribution < -0.4 is 0 Å². The fourth-order valence-corrected chi connectivity index (χ4v) is 2.53. The molecular weight excluding hydrogens is 300 g/mol. The van der Waals surface area contributed by atoms with Gasteiger partial charge in [0.2, 0.25) is 0 Å². The minimum absolute atomic E-state index is 0.671. The highest BCUT2D eigenvalue weighted by molar-refractivity contribution is 9.10. The topological polar surface area (TPSA) is 20.2 Å². The summed E-state index contributed by atoms with van der Waals surface area (Å²) in [5, 5.41) is 10.8. The maximum absolute atomic E-state index is 10.8. The first kappa shape index (κ1) is 14.3. The van der Waals surface area contributed by atoms with E-state index in [2.05, 4.69) is 40.2 Å². The number of halogens is 1. The van der Waals surface area contributed by atoms with Crippen molar-refractivity contribution in [3.8, 4) is 0 Å². The van der Waals surface area contributed by atoms with Crippen LogP contribution in [-0.2, 0) is 12.8 Å². The van der Waals surface area contributed by atoms with Crippen LogP contribution in [0.1, 0.15) is 24.5 Å². The first-order valence-corrected chi connectivity index (χ1v) is 7.41. The summed E-state index contributed by atoms with van der Waals surface area (Å²) in [6.07, 6.45) is 2.13. The van der Waals surface area contributed by atoms with Gasteiger partial charge in [0.25, 0.3) is 0 Å². The average molecular weight is 319 g/mol. The van der Waals surface area contributed by atoms with Gasteiger partial charge in [0.05, 0.1) is 5.60 Å². The van der Waals surface area contributed by atoms with Gasteiger partial charge < -0.3 is 5.11 Å². The highest BCUT2D eigenvalue weighted by atomic mass is 79.9. The van der Waals surface area contributed by atoms with Crippen LogP contribution in [0.5, 0.6) is 0 Å². The Morgan fingerprint density at radius 1 is 0.895 bits per heavy atom. The summed E-state index contributed by atoms with van der Waals surface area (Å²) in [5.74, 6) is 0. The SMILES string of the molecule is CCC(O)(Cc1ccccc1)Cc1ccc(Br)cc1. The van der Waals surface area contributed by atoms with Gasteiger partial charge in [0, 0.05) is 17.3 Å². The van der Waals surface area contributed by atoms with Crippen molar-refractivity contribution in [1.82, 2.24) is 0 Å². The monoisotopic (exact) mass is 318 g/mol. The van der Waals surface area contributed by atoms with Crippen LogP contribution in [-0.4, -0.2) is 10.7 Å². The van der Waals surface area contributed by atoms with Crippen LogP contribution >= 0.6 is 15.9 Å². The number of hydrogen-bond acceptors (Lipinski definition) is 1. The predicted octanol–water partition coefficient (Wildman–Crippen LogP) is 4.38. The number of aliphatic hydroxyl groups is 1. The van der Waals surface area contributed by atoms with Crippen LogP contribution in [0.3, 0.4) is 0 Å². The molecule has 19 heavy (non-hydrogen) atoms. The average Bonchev–Trinajstić information content (AvgIpc) is 2.42. The third kappa shape index (κ3) is 4.19. The summed E-state index contributed by atoms with van der Waals surface area (Å²) in [6.45, 7) is 2.04. The summed E-state index contributed by atoms with van der Waals surface area (Å²) in [6, 6.07) is 18.4. The summed E-state index contributed by atoms with van der Waals surface area (Å²) >= 11 is 3.43. The Morgan fingerprint density at radius 2 is 1.42 bits per heavy atom. The van der Waals surface area contributed by atoms with E-state index in [4.69, 9.17) is 0 Å².